The van der Waals surface area contributed by atoms with Gasteiger partial charge in [0, 0.05) is 6.04 Å². The van der Waals surface area contributed by atoms with Crippen LogP contribution >= 0.6 is 0 Å². The molecule has 15 heavy (non-hydrogen) atoms. The van der Waals surface area contributed by atoms with Crippen LogP contribution in [-0.2, 0) is 4.74 Å². The van der Waals surface area contributed by atoms with Crippen LogP contribution in [0.4, 0.5) is 0 Å². The molecule has 3 atom stereocenters. The van der Waals surface area contributed by atoms with Crippen LogP contribution in [0.25, 0.3) is 0 Å². The third kappa shape index (κ3) is 2.56. The van der Waals surface area contributed by atoms with Gasteiger partial charge in [0.2, 0.25) is 0 Å². The molecule has 0 radical (unpaired) electrons. The van der Waals surface area contributed by atoms with Crippen LogP contribution in [0.15, 0.2) is 30.3 Å². The Morgan fingerprint density at radius 1 is 1.33 bits per heavy atom. The molecule has 0 saturated carbocycles. The molecule has 1 aromatic carbocycles. The first-order chi connectivity index (χ1) is 7.27. The Bertz CT molecular complexity index is 302. The molecule has 0 aliphatic carbocycles. The summed E-state index contributed by atoms with van der Waals surface area (Å²) in [7, 11) is 0. The summed E-state index contributed by atoms with van der Waals surface area (Å²) in [4.78, 5) is 0. The monoisotopic (exact) mass is 207 g/mol. The van der Waals surface area contributed by atoms with Crippen LogP contribution in [0.1, 0.15) is 18.5 Å². The molecular formula is C12H17NO2. The molecule has 2 N–H and O–H groups in total. The van der Waals surface area contributed by atoms with Crippen molar-refractivity contribution in [2.24, 2.45) is 0 Å². The average molecular weight is 207 g/mol. The lowest BCUT2D eigenvalue weighted by atomic mass is 10.1. The zero-order valence-corrected chi connectivity index (χ0v) is 8.89. The van der Waals surface area contributed by atoms with Gasteiger partial charge in [-0.05, 0) is 12.5 Å². The normalized spacial score (nSPS) is 27.9. The van der Waals surface area contributed by atoms with Gasteiger partial charge in [-0.2, -0.15) is 0 Å². The predicted octanol–water partition coefficient (Wildman–Crippen LogP) is 1.10. The van der Waals surface area contributed by atoms with Crippen molar-refractivity contribution in [2.75, 3.05) is 13.2 Å². The van der Waals surface area contributed by atoms with Gasteiger partial charge in [-0.3, -0.25) is 0 Å². The molecule has 3 nitrogen and oxygen atoms in total. The minimum atomic E-state index is -0.379. The lowest BCUT2D eigenvalue weighted by molar-refractivity contribution is 0.121. The molecule has 0 amide bonds. The van der Waals surface area contributed by atoms with E-state index >= 15 is 0 Å². The van der Waals surface area contributed by atoms with Crippen molar-refractivity contribution in [1.29, 1.82) is 0 Å². The molecule has 1 heterocycles. The molecule has 1 saturated heterocycles. The second kappa shape index (κ2) is 4.75. The van der Waals surface area contributed by atoms with E-state index in [9.17, 15) is 5.11 Å². The SMILES string of the molecule is CC(N[C@H]1COC[C@@H]1O)c1ccccc1. The van der Waals surface area contributed by atoms with Crippen LogP contribution in [0.3, 0.4) is 0 Å². The lowest BCUT2D eigenvalue weighted by Crippen LogP contribution is -2.40. The van der Waals surface area contributed by atoms with Crippen molar-refractivity contribution < 1.29 is 9.84 Å². The van der Waals surface area contributed by atoms with Crippen molar-refractivity contribution in [3.63, 3.8) is 0 Å². The van der Waals surface area contributed by atoms with Gasteiger partial charge >= 0.3 is 0 Å². The van der Waals surface area contributed by atoms with Gasteiger partial charge in [0.05, 0.1) is 25.4 Å². The second-order valence-electron chi connectivity index (χ2n) is 4.01. The van der Waals surface area contributed by atoms with Gasteiger partial charge < -0.3 is 15.2 Å². The molecule has 0 spiro atoms. The average Bonchev–Trinajstić information content (AvgIpc) is 2.66. The van der Waals surface area contributed by atoms with E-state index < -0.39 is 0 Å². The van der Waals surface area contributed by atoms with Crippen molar-refractivity contribution in [3.8, 4) is 0 Å². The highest BCUT2D eigenvalue weighted by Crippen LogP contribution is 2.15. The van der Waals surface area contributed by atoms with Crippen molar-refractivity contribution in [1.82, 2.24) is 5.32 Å². The predicted molar refractivity (Wildman–Crippen MR) is 58.6 cm³/mol. The first-order valence-corrected chi connectivity index (χ1v) is 5.34. The van der Waals surface area contributed by atoms with E-state index in [-0.39, 0.29) is 18.2 Å². The van der Waals surface area contributed by atoms with Crippen molar-refractivity contribution in [2.45, 2.75) is 25.1 Å². The number of nitrogens with one attached hydrogen (secondary N) is 1. The van der Waals surface area contributed by atoms with Gasteiger partial charge in [-0.25, -0.2) is 0 Å². The highest BCUT2D eigenvalue weighted by molar-refractivity contribution is 5.18. The third-order valence-electron chi connectivity index (χ3n) is 2.81. The fourth-order valence-electron chi connectivity index (χ4n) is 1.86. The number of benzene rings is 1. The standard InChI is InChI=1S/C12H17NO2/c1-9(10-5-3-2-4-6-10)13-11-7-15-8-12(11)14/h2-6,9,11-14H,7-8H2,1H3/t9?,11-,12-/m0/s1. The van der Waals surface area contributed by atoms with Crippen molar-refractivity contribution in [3.05, 3.63) is 35.9 Å². The Balaban J connectivity index is 1.95. The minimum Gasteiger partial charge on any atom is -0.389 e. The van der Waals surface area contributed by atoms with Gasteiger partial charge in [0.1, 0.15) is 0 Å². The topological polar surface area (TPSA) is 41.5 Å². The number of rotatable bonds is 3. The second-order valence-corrected chi connectivity index (χ2v) is 4.01. The summed E-state index contributed by atoms with van der Waals surface area (Å²) in [5, 5.41) is 13.0. The van der Waals surface area contributed by atoms with E-state index in [1.165, 1.54) is 5.56 Å². The first kappa shape index (κ1) is 10.6. The summed E-state index contributed by atoms with van der Waals surface area (Å²) in [6, 6.07) is 10.5. The molecule has 1 aliphatic rings. The van der Waals surface area contributed by atoms with Crippen LogP contribution in [0.2, 0.25) is 0 Å². The van der Waals surface area contributed by atoms with Crippen LogP contribution < -0.4 is 5.32 Å². The first-order valence-electron chi connectivity index (χ1n) is 5.34. The third-order valence-corrected chi connectivity index (χ3v) is 2.81. The fourth-order valence-corrected chi connectivity index (χ4v) is 1.86. The molecule has 82 valence electrons. The summed E-state index contributed by atoms with van der Waals surface area (Å²) in [5.41, 5.74) is 1.23. The zero-order valence-electron chi connectivity index (χ0n) is 8.89. The number of hydrogen-bond acceptors (Lipinski definition) is 3. The smallest absolute Gasteiger partial charge is 0.0948 e. The molecule has 2 rings (SSSR count). The summed E-state index contributed by atoms with van der Waals surface area (Å²) in [5.74, 6) is 0. The molecule has 1 unspecified atom stereocenters. The highest BCUT2D eigenvalue weighted by atomic mass is 16.5. The maximum Gasteiger partial charge on any atom is 0.0948 e. The number of aliphatic hydroxyl groups excluding tert-OH is 1. The van der Waals surface area contributed by atoms with E-state index in [4.69, 9.17) is 4.74 Å². The molecule has 3 heteroatoms. The van der Waals surface area contributed by atoms with E-state index in [0.717, 1.165) is 0 Å². The van der Waals surface area contributed by atoms with E-state index in [2.05, 4.69) is 24.4 Å². The van der Waals surface area contributed by atoms with Crippen LogP contribution in [0, 0.1) is 0 Å². The van der Waals surface area contributed by atoms with Gasteiger partial charge in [0.25, 0.3) is 0 Å². The quantitative estimate of drug-likeness (QED) is 0.779. The summed E-state index contributed by atoms with van der Waals surface area (Å²) in [6.45, 7) is 3.14. The minimum absolute atomic E-state index is 0.0557. The van der Waals surface area contributed by atoms with Crippen molar-refractivity contribution >= 4 is 0 Å². The van der Waals surface area contributed by atoms with Gasteiger partial charge in [-0.1, -0.05) is 30.3 Å². The molecular weight excluding hydrogens is 190 g/mol. The Kier molecular flexibility index (Phi) is 3.36. The maximum atomic E-state index is 9.60. The van der Waals surface area contributed by atoms with Crippen LogP contribution in [0.5, 0.6) is 0 Å². The highest BCUT2D eigenvalue weighted by Gasteiger charge is 2.27. The number of ether oxygens (including phenoxy) is 1. The number of aliphatic hydroxyl groups is 1. The molecule has 1 aromatic rings. The molecule has 1 aliphatic heterocycles. The van der Waals surface area contributed by atoms with Crippen LogP contribution in [-0.4, -0.2) is 30.5 Å². The van der Waals surface area contributed by atoms with Gasteiger partial charge in [-0.15, -0.1) is 0 Å². The Morgan fingerprint density at radius 3 is 2.67 bits per heavy atom. The number of hydrogen-bond donors (Lipinski definition) is 2. The fraction of sp³-hybridized carbons (Fsp3) is 0.500. The molecule has 1 fully saturated rings. The maximum absolute atomic E-state index is 9.60. The Labute approximate surface area is 90.1 Å². The Hall–Kier alpha value is -0.900. The molecule has 0 bridgehead atoms. The summed E-state index contributed by atoms with van der Waals surface area (Å²) in [6.07, 6.45) is -0.379. The summed E-state index contributed by atoms with van der Waals surface area (Å²) >= 11 is 0. The largest absolute Gasteiger partial charge is 0.389 e. The molecule has 0 aromatic heterocycles. The van der Waals surface area contributed by atoms with E-state index in [0.29, 0.717) is 13.2 Å². The van der Waals surface area contributed by atoms with Gasteiger partial charge in [0.15, 0.2) is 0 Å². The Morgan fingerprint density at radius 2 is 2.07 bits per heavy atom. The van der Waals surface area contributed by atoms with E-state index in [1.807, 2.05) is 18.2 Å². The summed E-state index contributed by atoms with van der Waals surface area (Å²) < 4.78 is 5.19. The van der Waals surface area contributed by atoms with E-state index in [1.54, 1.807) is 0 Å². The lowest BCUT2D eigenvalue weighted by Gasteiger charge is -2.20. The zero-order chi connectivity index (χ0) is 10.7.